The molecule has 0 fully saturated rings. The molecule has 1 aliphatic rings. The van der Waals surface area contributed by atoms with E-state index in [0.29, 0.717) is 12.5 Å². The number of hydrogen-bond donors (Lipinski definition) is 1. The summed E-state index contributed by atoms with van der Waals surface area (Å²) in [5, 5.41) is 2.19. The molecule has 0 atom stereocenters. The van der Waals surface area contributed by atoms with Crippen LogP contribution in [0.1, 0.15) is 41.5 Å². The van der Waals surface area contributed by atoms with Crippen molar-refractivity contribution in [2.24, 2.45) is 5.73 Å². The van der Waals surface area contributed by atoms with E-state index in [4.69, 9.17) is 10.7 Å². The van der Waals surface area contributed by atoms with Crippen molar-refractivity contribution in [1.82, 2.24) is 4.98 Å². The second kappa shape index (κ2) is 5.54. The van der Waals surface area contributed by atoms with E-state index in [-0.39, 0.29) is 0 Å². The summed E-state index contributed by atoms with van der Waals surface area (Å²) in [4.78, 5) is 8.74. The van der Waals surface area contributed by atoms with E-state index in [9.17, 15) is 0 Å². The van der Waals surface area contributed by atoms with Crippen molar-refractivity contribution in [1.29, 1.82) is 0 Å². The van der Waals surface area contributed by atoms with Gasteiger partial charge in [-0.15, -0.1) is 11.3 Å². The van der Waals surface area contributed by atoms with Crippen LogP contribution in [0.4, 0.5) is 5.82 Å². The molecule has 0 aliphatic carbocycles. The molecule has 4 heteroatoms. The van der Waals surface area contributed by atoms with Crippen molar-refractivity contribution in [3.8, 4) is 0 Å². The Hall–Kier alpha value is -1.39. The Morgan fingerprint density at radius 1 is 1.40 bits per heavy atom. The van der Waals surface area contributed by atoms with Gasteiger partial charge in [0.15, 0.2) is 0 Å². The number of anilines is 1. The lowest BCUT2D eigenvalue weighted by Crippen LogP contribution is -2.30. The molecule has 0 amide bonds. The van der Waals surface area contributed by atoms with Crippen LogP contribution < -0.4 is 10.6 Å². The van der Waals surface area contributed by atoms with Crippen LogP contribution in [0.5, 0.6) is 0 Å². The molecule has 106 valence electrons. The number of aromatic nitrogens is 1. The van der Waals surface area contributed by atoms with Gasteiger partial charge in [0.05, 0.1) is 0 Å². The molecule has 3 heterocycles. The summed E-state index contributed by atoms with van der Waals surface area (Å²) in [6, 6.07) is 6.51. The van der Waals surface area contributed by atoms with Crippen molar-refractivity contribution in [3.63, 3.8) is 0 Å². The Bertz CT molecular complexity index is 604. The summed E-state index contributed by atoms with van der Waals surface area (Å²) in [6.45, 7) is 6.95. The molecular weight excluding hydrogens is 266 g/mol. The molecule has 1 aliphatic heterocycles. The summed E-state index contributed by atoms with van der Waals surface area (Å²) in [6.07, 6.45) is 1.12. The van der Waals surface area contributed by atoms with E-state index in [1.54, 1.807) is 0 Å². The number of nitrogens with zero attached hydrogens (tertiary/aromatic N) is 2. The van der Waals surface area contributed by atoms with E-state index < -0.39 is 0 Å². The average Bonchev–Trinajstić information content (AvgIpc) is 2.94. The summed E-state index contributed by atoms with van der Waals surface area (Å²) in [5.74, 6) is 1.51. The van der Waals surface area contributed by atoms with E-state index in [1.165, 1.54) is 16.0 Å². The molecule has 2 aromatic heterocycles. The van der Waals surface area contributed by atoms with Gasteiger partial charge in [0.2, 0.25) is 0 Å². The van der Waals surface area contributed by atoms with E-state index in [0.717, 1.165) is 31.0 Å². The maximum absolute atomic E-state index is 5.83. The molecule has 0 bridgehead atoms. The summed E-state index contributed by atoms with van der Waals surface area (Å²) < 4.78 is 0. The van der Waals surface area contributed by atoms with Crippen LogP contribution >= 0.6 is 11.3 Å². The fourth-order valence-corrected chi connectivity index (χ4v) is 3.50. The van der Waals surface area contributed by atoms with Crippen LogP contribution in [0, 0.1) is 0 Å². The zero-order valence-electron chi connectivity index (χ0n) is 12.1. The maximum atomic E-state index is 5.83. The van der Waals surface area contributed by atoms with Gasteiger partial charge in [0.1, 0.15) is 5.82 Å². The van der Waals surface area contributed by atoms with Crippen molar-refractivity contribution in [2.75, 3.05) is 11.4 Å². The topological polar surface area (TPSA) is 42.1 Å². The van der Waals surface area contributed by atoms with Crippen LogP contribution in [-0.4, -0.2) is 11.5 Å². The predicted molar refractivity (Wildman–Crippen MR) is 85.3 cm³/mol. The number of pyridine rings is 1. The Morgan fingerprint density at radius 3 is 3.00 bits per heavy atom. The van der Waals surface area contributed by atoms with Gasteiger partial charge in [0, 0.05) is 30.2 Å². The van der Waals surface area contributed by atoms with Crippen LogP contribution in [0.15, 0.2) is 23.6 Å². The third-order valence-corrected chi connectivity index (χ3v) is 4.87. The fraction of sp³-hybridized carbons (Fsp3) is 0.438. The molecule has 0 saturated heterocycles. The van der Waals surface area contributed by atoms with E-state index in [1.807, 2.05) is 11.3 Å². The van der Waals surface area contributed by atoms with Gasteiger partial charge >= 0.3 is 0 Å². The van der Waals surface area contributed by atoms with Crippen LogP contribution in [0.25, 0.3) is 0 Å². The molecule has 2 aromatic rings. The second-order valence-electron chi connectivity index (χ2n) is 5.66. The molecule has 2 N–H and O–H groups in total. The zero-order valence-corrected chi connectivity index (χ0v) is 12.9. The third-order valence-electron chi connectivity index (χ3n) is 3.85. The molecule has 0 unspecified atom stereocenters. The number of hydrogen-bond acceptors (Lipinski definition) is 4. The summed E-state index contributed by atoms with van der Waals surface area (Å²) in [5.41, 5.74) is 9.60. The first-order chi connectivity index (χ1) is 9.67. The van der Waals surface area contributed by atoms with Gasteiger partial charge in [0.25, 0.3) is 0 Å². The Labute approximate surface area is 124 Å². The standard InChI is InChI=1S/C16H21N3S/c1-11(2)14-7-12(9-17)8-16(18-14)19-5-3-15-13(10-19)4-6-20-15/h4,6-8,11H,3,5,9-10,17H2,1-2H3. The zero-order chi connectivity index (χ0) is 14.1. The van der Waals surface area contributed by atoms with Gasteiger partial charge < -0.3 is 10.6 Å². The fourth-order valence-electron chi connectivity index (χ4n) is 2.61. The first-order valence-corrected chi connectivity index (χ1v) is 8.06. The van der Waals surface area contributed by atoms with Gasteiger partial charge in [-0.1, -0.05) is 13.8 Å². The molecule has 3 rings (SSSR count). The molecule has 0 spiro atoms. The lowest BCUT2D eigenvalue weighted by atomic mass is 10.1. The average molecular weight is 287 g/mol. The van der Waals surface area contributed by atoms with Gasteiger partial charge in [-0.3, -0.25) is 0 Å². The first-order valence-electron chi connectivity index (χ1n) is 7.18. The van der Waals surface area contributed by atoms with Gasteiger partial charge in [-0.25, -0.2) is 4.98 Å². The lowest BCUT2D eigenvalue weighted by Gasteiger charge is -2.29. The van der Waals surface area contributed by atoms with Gasteiger partial charge in [-0.05, 0) is 47.0 Å². The normalized spacial score (nSPS) is 14.7. The van der Waals surface area contributed by atoms with Crippen molar-refractivity contribution in [3.05, 3.63) is 45.3 Å². The van der Waals surface area contributed by atoms with Crippen LogP contribution in [0.3, 0.4) is 0 Å². The lowest BCUT2D eigenvalue weighted by molar-refractivity contribution is 0.720. The first kappa shape index (κ1) is 13.6. The molecular formula is C16H21N3S. The Balaban J connectivity index is 1.92. The molecule has 0 aromatic carbocycles. The highest BCUT2D eigenvalue weighted by Gasteiger charge is 2.19. The highest BCUT2D eigenvalue weighted by Crippen LogP contribution is 2.28. The predicted octanol–water partition coefficient (Wildman–Crippen LogP) is 3.29. The number of nitrogens with two attached hydrogens (primary N) is 1. The number of thiophene rings is 1. The minimum atomic E-state index is 0.432. The highest BCUT2D eigenvalue weighted by molar-refractivity contribution is 7.10. The molecule has 0 saturated carbocycles. The SMILES string of the molecule is CC(C)c1cc(CN)cc(N2CCc3sccc3C2)n1. The minimum absolute atomic E-state index is 0.432. The summed E-state index contributed by atoms with van der Waals surface area (Å²) in [7, 11) is 0. The molecule has 20 heavy (non-hydrogen) atoms. The minimum Gasteiger partial charge on any atom is -0.352 e. The quantitative estimate of drug-likeness (QED) is 0.942. The second-order valence-corrected chi connectivity index (χ2v) is 6.66. The Morgan fingerprint density at radius 2 is 2.25 bits per heavy atom. The number of rotatable bonds is 3. The van der Waals surface area contributed by atoms with Crippen LogP contribution in [0.2, 0.25) is 0 Å². The smallest absolute Gasteiger partial charge is 0.129 e. The van der Waals surface area contributed by atoms with E-state index >= 15 is 0 Å². The highest BCUT2D eigenvalue weighted by atomic mass is 32.1. The summed E-state index contributed by atoms with van der Waals surface area (Å²) >= 11 is 1.87. The van der Waals surface area contributed by atoms with E-state index in [2.05, 4.69) is 42.3 Å². The molecule has 0 radical (unpaired) electrons. The van der Waals surface area contributed by atoms with Crippen molar-refractivity contribution >= 4 is 17.2 Å². The Kier molecular flexibility index (Phi) is 3.76. The molecule has 3 nitrogen and oxygen atoms in total. The van der Waals surface area contributed by atoms with Gasteiger partial charge in [-0.2, -0.15) is 0 Å². The monoisotopic (exact) mass is 287 g/mol. The van der Waals surface area contributed by atoms with Crippen molar-refractivity contribution < 1.29 is 0 Å². The van der Waals surface area contributed by atoms with Crippen LogP contribution in [-0.2, 0) is 19.5 Å². The van der Waals surface area contributed by atoms with Crippen molar-refractivity contribution in [2.45, 2.75) is 39.3 Å². The maximum Gasteiger partial charge on any atom is 0.129 e. The third kappa shape index (κ3) is 2.58. The largest absolute Gasteiger partial charge is 0.352 e. The number of fused-ring (bicyclic) bond motifs is 1.